The Morgan fingerprint density at radius 1 is 1.16 bits per heavy atom. The molecule has 0 aliphatic heterocycles. The smallest absolute Gasteiger partial charge is 0.170 e. The van der Waals surface area contributed by atoms with Gasteiger partial charge in [0, 0.05) is 22.2 Å². The summed E-state index contributed by atoms with van der Waals surface area (Å²) < 4.78 is 0. The van der Waals surface area contributed by atoms with Gasteiger partial charge >= 0.3 is 0 Å². The number of aldehydes is 1. The molecule has 3 rings (SSSR count). The minimum Gasteiger partial charge on any atom is -0.358 e. The number of aromatic amines is 1. The molecule has 0 atom stereocenters. The highest BCUT2D eigenvalue weighted by atomic mass is 16.1. The maximum absolute atomic E-state index is 10.6. The van der Waals surface area contributed by atoms with Gasteiger partial charge in [-0.25, -0.2) is 4.98 Å². The number of nitrogens with one attached hydrogen (secondary N) is 1. The lowest BCUT2D eigenvalue weighted by Gasteiger charge is -2.01. The number of carbonyl (C=O) groups excluding carboxylic acids is 1. The summed E-state index contributed by atoms with van der Waals surface area (Å²) in [5.74, 6) is 0. The second kappa shape index (κ2) is 4.31. The average molecular weight is 251 g/mol. The molecule has 2 heterocycles. The quantitative estimate of drug-likeness (QED) is 0.712. The molecule has 1 N–H and O–H groups in total. The number of hydrogen-bond donors (Lipinski definition) is 1. The molecule has 4 nitrogen and oxygen atoms in total. The van der Waals surface area contributed by atoms with Crippen molar-refractivity contribution in [1.82, 2.24) is 15.0 Å². The first-order valence-electron chi connectivity index (χ1n) is 6.05. The van der Waals surface area contributed by atoms with Crippen LogP contribution in [0.25, 0.3) is 22.2 Å². The monoisotopic (exact) mass is 251 g/mol. The van der Waals surface area contributed by atoms with Crippen LogP contribution in [0, 0.1) is 13.8 Å². The standard InChI is InChI=1S/C15H13N3O/c1-9-3-4-12-13(5-9)18-10(2)15(12)14-7-16-11(8-19)6-17-14/h3-8,18H,1-2H3. The van der Waals surface area contributed by atoms with Crippen molar-refractivity contribution in [2.75, 3.05) is 0 Å². The summed E-state index contributed by atoms with van der Waals surface area (Å²) in [4.78, 5) is 22.4. The summed E-state index contributed by atoms with van der Waals surface area (Å²) in [5.41, 5.74) is 5.51. The lowest BCUT2D eigenvalue weighted by Crippen LogP contribution is -1.91. The van der Waals surface area contributed by atoms with E-state index in [1.165, 1.54) is 11.8 Å². The number of aromatic nitrogens is 3. The van der Waals surface area contributed by atoms with Crippen molar-refractivity contribution < 1.29 is 4.79 Å². The van der Waals surface area contributed by atoms with Crippen LogP contribution < -0.4 is 0 Å². The molecule has 4 heteroatoms. The third-order valence-corrected chi connectivity index (χ3v) is 3.19. The second-order valence-corrected chi connectivity index (χ2v) is 4.62. The summed E-state index contributed by atoms with van der Waals surface area (Å²) >= 11 is 0. The molecule has 0 aliphatic carbocycles. The van der Waals surface area contributed by atoms with Gasteiger partial charge in [0.15, 0.2) is 6.29 Å². The van der Waals surface area contributed by atoms with Gasteiger partial charge in [-0.2, -0.15) is 0 Å². The fourth-order valence-electron chi connectivity index (χ4n) is 2.30. The van der Waals surface area contributed by atoms with Crippen molar-refractivity contribution in [2.24, 2.45) is 0 Å². The number of fused-ring (bicyclic) bond motifs is 1. The molecule has 19 heavy (non-hydrogen) atoms. The number of aryl methyl sites for hydroxylation is 2. The van der Waals surface area contributed by atoms with Crippen LogP contribution in [0.3, 0.4) is 0 Å². The van der Waals surface area contributed by atoms with Crippen LogP contribution in [0.2, 0.25) is 0 Å². The predicted octanol–water partition coefficient (Wildman–Crippen LogP) is 3.05. The van der Waals surface area contributed by atoms with Crippen LogP contribution in [0.4, 0.5) is 0 Å². The Bertz CT molecular complexity index is 757. The lowest BCUT2D eigenvalue weighted by molar-refractivity contribution is 0.111. The SMILES string of the molecule is Cc1ccc2c(-c3cnc(C=O)cn3)c(C)[nH]c2c1. The average Bonchev–Trinajstić information content (AvgIpc) is 2.74. The van der Waals surface area contributed by atoms with Crippen LogP contribution in [0.15, 0.2) is 30.6 Å². The maximum Gasteiger partial charge on any atom is 0.170 e. The lowest BCUT2D eigenvalue weighted by atomic mass is 10.1. The first-order chi connectivity index (χ1) is 9.19. The molecule has 0 amide bonds. The van der Waals surface area contributed by atoms with Crippen LogP contribution in [-0.4, -0.2) is 21.2 Å². The van der Waals surface area contributed by atoms with Gasteiger partial charge in [-0.1, -0.05) is 12.1 Å². The number of nitrogens with zero attached hydrogens (tertiary/aromatic N) is 2. The van der Waals surface area contributed by atoms with E-state index in [0.29, 0.717) is 12.0 Å². The Morgan fingerprint density at radius 2 is 2.00 bits per heavy atom. The van der Waals surface area contributed by atoms with Crippen molar-refractivity contribution >= 4 is 17.2 Å². The van der Waals surface area contributed by atoms with Gasteiger partial charge in [-0.3, -0.25) is 9.78 Å². The van der Waals surface area contributed by atoms with Crippen LogP contribution >= 0.6 is 0 Å². The number of carbonyl (C=O) groups is 1. The fraction of sp³-hybridized carbons (Fsp3) is 0.133. The summed E-state index contributed by atoms with van der Waals surface area (Å²) in [7, 11) is 0. The van der Waals surface area contributed by atoms with E-state index in [1.807, 2.05) is 6.92 Å². The van der Waals surface area contributed by atoms with Gasteiger partial charge in [0.2, 0.25) is 0 Å². The zero-order valence-electron chi connectivity index (χ0n) is 10.8. The summed E-state index contributed by atoms with van der Waals surface area (Å²) in [6, 6.07) is 6.27. The van der Waals surface area contributed by atoms with Gasteiger partial charge in [0.25, 0.3) is 0 Å². The normalized spacial score (nSPS) is 10.8. The minimum atomic E-state index is 0.345. The first kappa shape index (κ1) is 11.6. The van der Waals surface area contributed by atoms with Crippen molar-refractivity contribution in [3.05, 3.63) is 47.5 Å². The molecule has 2 aromatic heterocycles. The van der Waals surface area contributed by atoms with Gasteiger partial charge in [-0.15, -0.1) is 0 Å². The molecule has 0 unspecified atom stereocenters. The molecule has 0 bridgehead atoms. The Morgan fingerprint density at radius 3 is 2.68 bits per heavy atom. The Labute approximate surface area is 110 Å². The van der Waals surface area contributed by atoms with E-state index in [4.69, 9.17) is 0 Å². The Hall–Kier alpha value is -2.49. The van der Waals surface area contributed by atoms with E-state index in [2.05, 4.69) is 40.1 Å². The summed E-state index contributed by atoms with van der Waals surface area (Å²) in [6.45, 7) is 4.08. The third-order valence-electron chi connectivity index (χ3n) is 3.19. The highest BCUT2D eigenvalue weighted by Crippen LogP contribution is 2.30. The molecule has 0 aliphatic rings. The van der Waals surface area contributed by atoms with E-state index < -0.39 is 0 Å². The van der Waals surface area contributed by atoms with Crippen LogP contribution in [0.5, 0.6) is 0 Å². The van der Waals surface area contributed by atoms with Gasteiger partial charge in [-0.05, 0) is 25.5 Å². The van der Waals surface area contributed by atoms with E-state index in [1.54, 1.807) is 6.20 Å². The molecular weight excluding hydrogens is 238 g/mol. The molecule has 0 saturated heterocycles. The first-order valence-corrected chi connectivity index (χ1v) is 6.05. The minimum absolute atomic E-state index is 0.345. The van der Waals surface area contributed by atoms with E-state index in [0.717, 1.165) is 27.9 Å². The second-order valence-electron chi connectivity index (χ2n) is 4.62. The molecule has 3 aromatic rings. The zero-order valence-corrected chi connectivity index (χ0v) is 10.8. The zero-order chi connectivity index (χ0) is 13.4. The highest BCUT2D eigenvalue weighted by Gasteiger charge is 2.12. The van der Waals surface area contributed by atoms with Crippen molar-refractivity contribution in [1.29, 1.82) is 0 Å². The van der Waals surface area contributed by atoms with Crippen LogP contribution in [0.1, 0.15) is 21.7 Å². The highest BCUT2D eigenvalue weighted by molar-refractivity contribution is 5.96. The van der Waals surface area contributed by atoms with E-state index in [9.17, 15) is 4.79 Å². The topological polar surface area (TPSA) is 58.6 Å². The van der Waals surface area contributed by atoms with Crippen molar-refractivity contribution in [2.45, 2.75) is 13.8 Å². The molecule has 0 radical (unpaired) electrons. The number of benzene rings is 1. The summed E-state index contributed by atoms with van der Waals surface area (Å²) in [6.07, 6.45) is 3.83. The summed E-state index contributed by atoms with van der Waals surface area (Å²) in [5, 5.41) is 1.12. The molecule has 1 aromatic carbocycles. The van der Waals surface area contributed by atoms with Crippen molar-refractivity contribution in [3.8, 4) is 11.3 Å². The van der Waals surface area contributed by atoms with E-state index in [-0.39, 0.29) is 0 Å². The van der Waals surface area contributed by atoms with Gasteiger partial charge in [0.1, 0.15) is 5.69 Å². The maximum atomic E-state index is 10.6. The number of H-pyrrole nitrogens is 1. The molecule has 0 saturated carbocycles. The molecular formula is C15H13N3O. The van der Waals surface area contributed by atoms with E-state index >= 15 is 0 Å². The molecule has 94 valence electrons. The third kappa shape index (κ3) is 1.91. The molecule has 0 fully saturated rings. The predicted molar refractivity (Wildman–Crippen MR) is 74.2 cm³/mol. The van der Waals surface area contributed by atoms with Gasteiger partial charge in [0.05, 0.1) is 18.1 Å². The largest absolute Gasteiger partial charge is 0.358 e. The Kier molecular flexibility index (Phi) is 2.63. The number of rotatable bonds is 2. The van der Waals surface area contributed by atoms with Crippen LogP contribution in [-0.2, 0) is 0 Å². The number of hydrogen-bond acceptors (Lipinski definition) is 3. The van der Waals surface area contributed by atoms with Crippen molar-refractivity contribution in [3.63, 3.8) is 0 Å². The fourth-order valence-corrected chi connectivity index (χ4v) is 2.30. The molecule has 0 spiro atoms. The van der Waals surface area contributed by atoms with Gasteiger partial charge < -0.3 is 4.98 Å². The Balaban J connectivity index is 2.23.